The molecule has 0 saturated heterocycles. The average molecular weight is 635 g/mol. The monoisotopic (exact) mass is 635 g/mol. The number of methoxy groups -OCH3 is 2. The smallest absolute Gasteiger partial charge is 0.0571 e. The van der Waals surface area contributed by atoms with Crippen LogP contribution in [0.5, 0.6) is 0 Å². The Morgan fingerprint density at radius 1 is 0.391 bits per heavy atom. The standard InChI is InChI=1S/C44H74O2/c1-28-37-14-5-4-10-31(37)26-32-11-8-12-33(41(28)32)27-34-13-9-17-40-42(29-18-22-35(45-2)23-19-29)38-15-6-7-16-39(38)43(44(34)40)30-20-24-36(46-3)25-21-30/h28-44H,4-27H2,1-3H3. The molecule has 13 atom stereocenters. The Labute approximate surface area is 285 Å². The molecular weight excluding hydrogens is 560 g/mol. The molecule has 0 aromatic heterocycles. The molecule has 262 valence electrons. The molecule has 8 rings (SSSR count). The van der Waals surface area contributed by atoms with Crippen molar-refractivity contribution in [3.8, 4) is 0 Å². The van der Waals surface area contributed by atoms with Gasteiger partial charge in [0.25, 0.3) is 0 Å². The number of hydrogen-bond acceptors (Lipinski definition) is 2. The van der Waals surface area contributed by atoms with Crippen LogP contribution in [0, 0.1) is 88.8 Å². The van der Waals surface area contributed by atoms with E-state index in [0.717, 1.165) is 88.8 Å². The summed E-state index contributed by atoms with van der Waals surface area (Å²) in [5, 5.41) is 0. The van der Waals surface area contributed by atoms with E-state index in [1.54, 1.807) is 77.0 Å². The van der Waals surface area contributed by atoms with Crippen LogP contribution in [0.2, 0.25) is 0 Å². The quantitative estimate of drug-likeness (QED) is 0.289. The average Bonchev–Trinajstić information content (AvgIpc) is 3.11. The van der Waals surface area contributed by atoms with Gasteiger partial charge < -0.3 is 9.47 Å². The van der Waals surface area contributed by atoms with Crippen molar-refractivity contribution in [1.82, 2.24) is 0 Å². The summed E-state index contributed by atoms with van der Waals surface area (Å²) in [6.07, 6.45) is 37.4. The fourth-order valence-electron chi connectivity index (χ4n) is 16.3. The molecule has 0 aromatic carbocycles. The highest BCUT2D eigenvalue weighted by atomic mass is 16.5. The van der Waals surface area contributed by atoms with E-state index in [9.17, 15) is 0 Å². The van der Waals surface area contributed by atoms with Gasteiger partial charge in [-0.1, -0.05) is 71.1 Å². The lowest BCUT2D eigenvalue weighted by molar-refractivity contribution is -0.143. The molecule has 0 heterocycles. The molecule has 0 bridgehead atoms. The van der Waals surface area contributed by atoms with Crippen molar-refractivity contribution in [2.75, 3.05) is 14.2 Å². The Hall–Kier alpha value is -0.0800. The molecular formula is C44H74O2. The zero-order chi connectivity index (χ0) is 31.2. The van der Waals surface area contributed by atoms with Gasteiger partial charge in [0.15, 0.2) is 0 Å². The molecule has 8 aliphatic carbocycles. The molecule has 0 amide bonds. The van der Waals surface area contributed by atoms with E-state index >= 15 is 0 Å². The minimum atomic E-state index is 0.541. The molecule has 8 fully saturated rings. The summed E-state index contributed by atoms with van der Waals surface area (Å²) in [5.74, 6) is 15.6. The van der Waals surface area contributed by atoms with Crippen molar-refractivity contribution < 1.29 is 9.47 Å². The number of hydrogen-bond donors (Lipinski definition) is 0. The maximum absolute atomic E-state index is 5.96. The highest BCUT2D eigenvalue weighted by Crippen LogP contribution is 2.65. The first kappa shape index (κ1) is 33.1. The van der Waals surface area contributed by atoms with E-state index in [1.165, 1.54) is 77.0 Å². The van der Waals surface area contributed by atoms with Crippen LogP contribution in [0.15, 0.2) is 0 Å². The lowest BCUT2D eigenvalue weighted by Crippen LogP contribution is -2.56. The summed E-state index contributed by atoms with van der Waals surface area (Å²) >= 11 is 0. The predicted molar refractivity (Wildman–Crippen MR) is 190 cm³/mol. The second-order valence-electron chi connectivity index (χ2n) is 19.3. The molecule has 46 heavy (non-hydrogen) atoms. The van der Waals surface area contributed by atoms with Crippen LogP contribution < -0.4 is 0 Å². The van der Waals surface area contributed by atoms with E-state index in [4.69, 9.17) is 9.47 Å². The van der Waals surface area contributed by atoms with Gasteiger partial charge in [-0.2, -0.15) is 0 Å². The Morgan fingerprint density at radius 3 is 1.54 bits per heavy atom. The molecule has 0 spiro atoms. The van der Waals surface area contributed by atoms with Crippen molar-refractivity contribution >= 4 is 0 Å². The predicted octanol–water partition coefficient (Wildman–Crippen LogP) is 11.8. The van der Waals surface area contributed by atoms with E-state index in [2.05, 4.69) is 6.92 Å². The SMILES string of the molecule is COC1CCC(C2C3CCCCC3C(C3CCC(OC)CC3)C3C(CC4CCCC5CC6CCCCC6C(C)C54)CCCC23)CC1. The second kappa shape index (κ2) is 14.6. The zero-order valence-corrected chi connectivity index (χ0v) is 30.6. The Morgan fingerprint density at radius 2 is 0.891 bits per heavy atom. The number of fused-ring (bicyclic) bond motifs is 4. The Balaban J connectivity index is 1.10. The van der Waals surface area contributed by atoms with Crippen LogP contribution in [0.25, 0.3) is 0 Å². The van der Waals surface area contributed by atoms with Crippen LogP contribution in [-0.2, 0) is 9.47 Å². The molecule has 0 aliphatic heterocycles. The third kappa shape index (κ3) is 6.23. The highest BCUT2D eigenvalue weighted by Gasteiger charge is 2.58. The first-order valence-corrected chi connectivity index (χ1v) is 21.7. The van der Waals surface area contributed by atoms with Crippen molar-refractivity contribution in [2.24, 2.45) is 88.8 Å². The Bertz CT molecular complexity index is 961. The van der Waals surface area contributed by atoms with E-state index in [1.807, 2.05) is 14.2 Å². The minimum absolute atomic E-state index is 0.541. The topological polar surface area (TPSA) is 18.5 Å². The fourth-order valence-corrected chi connectivity index (χ4v) is 16.3. The van der Waals surface area contributed by atoms with Crippen LogP contribution in [0.3, 0.4) is 0 Å². The molecule has 0 N–H and O–H groups in total. The van der Waals surface area contributed by atoms with Gasteiger partial charge in [0.05, 0.1) is 12.2 Å². The minimum Gasteiger partial charge on any atom is -0.381 e. The summed E-state index contributed by atoms with van der Waals surface area (Å²) in [7, 11) is 3.96. The Kier molecular flexibility index (Phi) is 10.5. The number of ether oxygens (including phenoxy) is 2. The van der Waals surface area contributed by atoms with Gasteiger partial charge in [0.1, 0.15) is 0 Å². The fraction of sp³-hybridized carbons (Fsp3) is 1.00. The van der Waals surface area contributed by atoms with Gasteiger partial charge in [0.2, 0.25) is 0 Å². The van der Waals surface area contributed by atoms with Gasteiger partial charge >= 0.3 is 0 Å². The molecule has 0 aromatic rings. The lowest BCUT2D eigenvalue weighted by atomic mass is 9.43. The first-order valence-electron chi connectivity index (χ1n) is 21.7. The summed E-state index contributed by atoms with van der Waals surface area (Å²) in [5.41, 5.74) is 0. The van der Waals surface area contributed by atoms with Crippen molar-refractivity contribution in [3.63, 3.8) is 0 Å². The second-order valence-corrected chi connectivity index (χ2v) is 19.3. The first-order chi connectivity index (χ1) is 22.6. The van der Waals surface area contributed by atoms with E-state index < -0.39 is 0 Å². The van der Waals surface area contributed by atoms with Gasteiger partial charge in [-0.25, -0.2) is 0 Å². The lowest BCUT2D eigenvalue weighted by Gasteiger charge is -2.62. The molecule has 8 saturated carbocycles. The van der Waals surface area contributed by atoms with Crippen molar-refractivity contribution in [2.45, 2.75) is 173 Å². The maximum atomic E-state index is 5.96. The van der Waals surface area contributed by atoms with Gasteiger partial charge in [0, 0.05) is 14.2 Å². The summed E-state index contributed by atoms with van der Waals surface area (Å²) in [6.45, 7) is 2.78. The maximum Gasteiger partial charge on any atom is 0.0571 e. The summed E-state index contributed by atoms with van der Waals surface area (Å²) in [6, 6.07) is 0. The van der Waals surface area contributed by atoms with E-state index in [-0.39, 0.29) is 0 Å². The number of rotatable bonds is 6. The van der Waals surface area contributed by atoms with Gasteiger partial charge in [-0.15, -0.1) is 0 Å². The van der Waals surface area contributed by atoms with Crippen LogP contribution in [0.1, 0.15) is 161 Å². The van der Waals surface area contributed by atoms with Crippen LogP contribution in [-0.4, -0.2) is 26.4 Å². The van der Waals surface area contributed by atoms with Crippen LogP contribution in [0.4, 0.5) is 0 Å². The van der Waals surface area contributed by atoms with Crippen molar-refractivity contribution in [3.05, 3.63) is 0 Å². The molecule has 0 radical (unpaired) electrons. The molecule has 2 nitrogen and oxygen atoms in total. The van der Waals surface area contributed by atoms with Crippen LogP contribution >= 0.6 is 0 Å². The third-order valence-corrected chi connectivity index (χ3v) is 17.8. The molecule has 13 unspecified atom stereocenters. The largest absolute Gasteiger partial charge is 0.381 e. The molecule has 8 aliphatic rings. The third-order valence-electron chi connectivity index (χ3n) is 17.8. The summed E-state index contributed by atoms with van der Waals surface area (Å²) < 4.78 is 11.9. The van der Waals surface area contributed by atoms with Gasteiger partial charge in [-0.3, -0.25) is 0 Å². The van der Waals surface area contributed by atoms with Gasteiger partial charge in [-0.05, 0) is 179 Å². The van der Waals surface area contributed by atoms with Crippen molar-refractivity contribution in [1.29, 1.82) is 0 Å². The zero-order valence-electron chi connectivity index (χ0n) is 30.6. The summed E-state index contributed by atoms with van der Waals surface area (Å²) in [4.78, 5) is 0. The molecule has 2 heteroatoms. The van der Waals surface area contributed by atoms with E-state index in [0.29, 0.717) is 12.2 Å². The normalized spacial score (nSPS) is 52.9. The highest BCUT2D eigenvalue weighted by molar-refractivity contribution is 5.07.